The number of halogens is 3. The third kappa shape index (κ3) is 5.55. The Morgan fingerprint density at radius 2 is 2.11 bits per heavy atom. The molecule has 0 saturated heterocycles. The van der Waals surface area contributed by atoms with Crippen molar-refractivity contribution in [1.29, 1.82) is 0 Å². The summed E-state index contributed by atoms with van der Waals surface area (Å²) >= 11 is 0. The van der Waals surface area contributed by atoms with Gasteiger partial charge in [0.1, 0.15) is 17.2 Å². The van der Waals surface area contributed by atoms with Crippen LogP contribution in [-0.2, 0) is 29.2 Å². The lowest BCUT2D eigenvalue weighted by Gasteiger charge is -2.31. The molecule has 3 rings (SSSR count). The molecule has 0 amide bonds. The molecule has 1 aliphatic heterocycles. The van der Waals surface area contributed by atoms with Crippen LogP contribution >= 0.6 is 0 Å². The Kier molecular flexibility index (Phi) is 7.19. The minimum absolute atomic E-state index is 0.310. The van der Waals surface area contributed by atoms with Gasteiger partial charge in [-0.05, 0) is 26.0 Å². The first-order valence-corrected chi connectivity index (χ1v) is 8.64. The molecule has 0 saturated carbocycles. The number of nitrogens with zero attached hydrogens (tertiary/aromatic N) is 4. The maximum absolute atomic E-state index is 10.6. The molecular weight excluding hydrogens is 381 g/mol. The Morgan fingerprint density at radius 3 is 2.61 bits per heavy atom. The molecular formula is C17H23F3N4O4. The Morgan fingerprint density at radius 1 is 1.43 bits per heavy atom. The van der Waals surface area contributed by atoms with Crippen LogP contribution in [0.4, 0.5) is 13.2 Å². The number of ether oxygens (including phenoxy) is 1. The van der Waals surface area contributed by atoms with E-state index < -0.39 is 12.1 Å². The summed E-state index contributed by atoms with van der Waals surface area (Å²) in [7, 11) is 1.74. The number of aryl methyl sites for hydroxylation is 2. The van der Waals surface area contributed by atoms with Gasteiger partial charge >= 0.3 is 12.1 Å². The molecule has 0 fully saturated rings. The van der Waals surface area contributed by atoms with Crippen LogP contribution in [0, 0.1) is 6.92 Å². The number of fused-ring (bicyclic) bond motifs is 1. The van der Waals surface area contributed by atoms with Crippen molar-refractivity contribution < 1.29 is 32.2 Å². The van der Waals surface area contributed by atoms with Crippen molar-refractivity contribution in [3.63, 3.8) is 0 Å². The minimum Gasteiger partial charge on any atom is -0.475 e. The van der Waals surface area contributed by atoms with Crippen LogP contribution in [0.25, 0.3) is 0 Å². The van der Waals surface area contributed by atoms with Crippen molar-refractivity contribution in [2.75, 3.05) is 20.3 Å². The minimum atomic E-state index is -5.08. The summed E-state index contributed by atoms with van der Waals surface area (Å²) in [6.07, 6.45) is -5.08. The molecule has 0 radical (unpaired) electrons. The van der Waals surface area contributed by atoms with E-state index >= 15 is 0 Å². The summed E-state index contributed by atoms with van der Waals surface area (Å²) in [6.45, 7) is 8.15. The molecule has 1 unspecified atom stereocenters. The number of carboxylic acids is 1. The van der Waals surface area contributed by atoms with E-state index in [9.17, 15) is 13.2 Å². The first kappa shape index (κ1) is 21.9. The van der Waals surface area contributed by atoms with Gasteiger partial charge in [-0.25, -0.2) is 9.48 Å². The van der Waals surface area contributed by atoms with Gasteiger partial charge < -0.3 is 14.3 Å². The molecule has 1 N–H and O–H groups in total. The second-order valence-electron chi connectivity index (χ2n) is 6.37. The van der Waals surface area contributed by atoms with Gasteiger partial charge in [0.15, 0.2) is 0 Å². The third-order valence-corrected chi connectivity index (χ3v) is 4.17. The zero-order valence-electron chi connectivity index (χ0n) is 15.9. The Hall–Kier alpha value is -2.40. The SMILES string of the molecule is CCn1nnc2c1C(COC)CN(Cc1ccc(C)o1)C2.O=C(O)C(F)(F)F. The van der Waals surface area contributed by atoms with E-state index in [-0.39, 0.29) is 0 Å². The second kappa shape index (κ2) is 9.20. The van der Waals surface area contributed by atoms with Crippen LogP contribution in [0.5, 0.6) is 0 Å². The highest BCUT2D eigenvalue weighted by Gasteiger charge is 2.38. The maximum atomic E-state index is 10.6. The van der Waals surface area contributed by atoms with E-state index in [4.69, 9.17) is 19.1 Å². The van der Waals surface area contributed by atoms with Crippen molar-refractivity contribution in [3.8, 4) is 0 Å². The largest absolute Gasteiger partial charge is 0.490 e. The fourth-order valence-corrected chi connectivity index (χ4v) is 3.07. The van der Waals surface area contributed by atoms with Crippen LogP contribution in [0.1, 0.15) is 35.7 Å². The molecule has 156 valence electrons. The molecule has 3 heterocycles. The molecule has 0 aliphatic carbocycles. The number of furan rings is 1. The highest BCUT2D eigenvalue weighted by Crippen LogP contribution is 2.28. The van der Waals surface area contributed by atoms with Gasteiger partial charge in [0.2, 0.25) is 0 Å². The topological polar surface area (TPSA) is 93.6 Å². The number of rotatable bonds is 5. The van der Waals surface area contributed by atoms with E-state index in [0.29, 0.717) is 12.5 Å². The fourth-order valence-electron chi connectivity index (χ4n) is 3.07. The van der Waals surface area contributed by atoms with Gasteiger partial charge in [0, 0.05) is 32.7 Å². The lowest BCUT2D eigenvalue weighted by atomic mass is 9.99. The average Bonchev–Trinajstić information content (AvgIpc) is 3.20. The highest BCUT2D eigenvalue weighted by molar-refractivity contribution is 5.73. The average molecular weight is 404 g/mol. The van der Waals surface area contributed by atoms with E-state index in [1.54, 1.807) is 7.11 Å². The number of alkyl halides is 3. The van der Waals surface area contributed by atoms with Crippen molar-refractivity contribution in [1.82, 2.24) is 19.9 Å². The van der Waals surface area contributed by atoms with Crippen molar-refractivity contribution in [2.45, 2.75) is 45.6 Å². The first-order chi connectivity index (χ1) is 13.2. The number of carboxylic acid groups (broad SMARTS) is 1. The smallest absolute Gasteiger partial charge is 0.475 e. The van der Waals surface area contributed by atoms with Crippen molar-refractivity contribution in [3.05, 3.63) is 35.0 Å². The van der Waals surface area contributed by atoms with Crippen molar-refractivity contribution in [2.24, 2.45) is 0 Å². The van der Waals surface area contributed by atoms with Crippen LogP contribution in [-0.4, -0.2) is 57.4 Å². The number of aromatic nitrogens is 3. The van der Waals surface area contributed by atoms with E-state index in [1.165, 1.54) is 5.69 Å². The van der Waals surface area contributed by atoms with Crippen LogP contribution in [0.15, 0.2) is 16.5 Å². The van der Waals surface area contributed by atoms with Gasteiger partial charge in [-0.3, -0.25) is 4.90 Å². The Bertz CT molecular complexity index is 788. The Balaban J connectivity index is 0.000000345. The number of aliphatic carboxylic acids is 1. The van der Waals surface area contributed by atoms with Crippen LogP contribution in [0.2, 0.25) is 0 Å². The Labute approximate surface area is 159 Å². The molecule has 0 aromatic carbocycles. The van der Waals surface area contributed by atoms with E-state index in [0.717, 1.165) is 43.4 Å². The monoisotopic (exact) mass is 404 g/mol. The van der Waals surface area contributed by atoms with E-state index in [2.05, 4.69) is 22.1 Å². The van der Waals surface area contributed by atoms with Gasteiger partial charge in [0.25, 0.3) is 0 Å². The predicted molar refractivity (Wildman–Crippen MR) is 91.6 cm³/mol. The predicted octanol–water partition coefficient (Wildman–Crippen LogP) is 2.58. The van der Waals surface area contributed by atoms with Gasteiger partial charge in [-0.2, -0.15) is 13.2 Å². The first-order valence-electron chi connectivity index (χ1n) is 8.64. The molecule has 8 nitrogen and oxygen atoms in total. The zero-order valence-corrected chi connectivity index (χ0v) is 15.9. The quantitative estimate of drug-likeness (QED) is 0.819. The van der Waals surface area contributed by atoms with Gasteiger partial charge in [0.05, 0.1) is 18.8 Å². The summed E-state index contributed by atoms with van der Waals surface area (Å²) in [4.78, 5) is 11.2. The highest BCUT2D eigenvalue weighted by atomic mass is 19.4. The van der Waals surface area contributed by atoms with Crippen molar-refractivity contribution >= 4 is 5.97 Å². The number of carbonyl (C=O) groups is 1. The number of methoxy groups -OCH3 is 1. The summed E-state index contributed by atoms with van der Waals surface area (Å²) in [6, 6.07) is 4.05. The molecule has 0 bridgehead atoms. The van der Waals surface area contributed by atoms with Crippen LogP contribution < -0.4 is 0 Å². The summed E-state index contributed by atoms with van der Waals surface area (Å²) in [5.41, 5.74) is 2.29. The molecule has 0 spiro atoms. The molecule has 2 aromatic heterocycles. The molecule has 1 atom stereocenters. The van der Waals surface area contributed by atoms with Gasteiger partial charge in [-0.1, -0.05) is 5.21 Å². The summed E-state index contributed by atoms with van der Waals surface area (Å²) < 4.78 is 44.8. The van der Waals surface area contributed by atoms with E-state index in [1.807, 2.05) is 23.7 Å². The summed E-state index contributed by atoms with van der Waals surface area (Å²) in [5, 5.41) is 15.7. The fraction of sp³-hybridized carbons (Fsp3) is 0.588. The second-order valence-corrected chi connectivity index (χ2v) is 6.37. The molecule has 11 heteroatoms. The lowest BCUT2D eigenvalue weighted by Crippen LogP contribution is -2.36. The van der Waals surface area contributed by atoms with Crippen LogP contribution in [0.3, 0.4) is 0 Å². The lowest BCUT2D eigenvalue weighted by molar-refractivity contribution is -0.192. The number of hydrogen-bond acceptors (Lipinski definition) is 6. The zero-order chi connectivity index (χ0) is 20.9. The standard InChI is InChI=1S/C15H22N4O2.C2HF3O2/c1-4-19-15-12(10-20-3)7-18(9-14(15)16-17-19)8-13-6-5-11(2)21-13;3-2(4,5)1(6)7/h5-6,12H,4,7-10H2,1-3H3;(H,6,7). The summed E-state index contributed by atoms with van der Waals surface area (Å²) in [5.74, 6) is -0.500. The normalized spacial score (nSPS) is 17.0. The molecule has 2 aromatic rings. The molecule has 1 aliphatic rings. The van der Waals surface area contributed by atoms with Gasteiger partial charge in [-0.15, -0.1) is 5.10 Å². The molecule has 28 heavy (non-hydrogen) atoms. The third-order valence-electron chi connectivity index (χ3n) is 4.17. The maximum Gasteiger partial charge on any atom is 0.490 e. The number of hydrogen-bond donors (Lipinski definition) is 1.